The zero-order chi connectivity index (χ0) is 22.1. The lowest BCUT2D eigenvalue weighted by Crippen LogP contribution is -2.34. The van der Waals surface area contributed by atoms with E-state index in [2.05, 4.69) is 10.6 Å². The van der Waals surface area contributed by atoms with Crippen molar-refractivity contribution in [2.45, 2.75) is 26.8 Å². The van der Waals surface area contributed by atoms with Crippen molar-refractivity contribution >= 4 is 23.1 Å². The van der Waals surface area contributed by atoms with E-state index < -0.39 is 5.97 Å². The van der Waals surface area contributed by atoms with Crippen molar-refractivity contribution in [2.24, 2.45) is 5.92 Å². The van der Waals surface area contributed by atoms with Crippen molar-refractivity contribution in [1.82, 2.24) is 9.38 Å². The summed E-state index contributed by atoms with van der Waals surface area (Å²) in [5.74, 6) is -0.00813. The molecule has 2 aromatic heterocycles. The van der Waals surface area contributed by atoms with Gasteiger partial charge in [0.15, 0.2) is 0 Å². The molecule has 8 nitrogen and oxygen atoms in total. The van der Waals surface area contributed by atoms with Crippen LogP contribution in [0.25, 0.3) is 5.65 Å². The molecule has 0 amide bonds. The molecule has 31 heavy (non-hydrogen) atoms. The lowest BCUT2D eigenvalue weighted by Gasteiger charge is -2.26. The lowest BCUT2D eigenvalue weighted by molar-refractivity contribution is -0.0248. The van der Waals surface area contributed by atoms with Crippen molar-refractivity contribution in [2.75, 3.05) is 30.4 Å². The number of fused-ring (bicyclic) bond motifs is 1. The minimum Gasteiger partial charge on any atom is -0.478 e. The third-order valence-electron chi connectivity index (χ3n) is 5.58. The Balaban J connectivity index is 1.75. The molecule has 8 heteroatoms. The summed E-state index contributed by atoms with van der Waals surface area (Å²) in [4.78, 5) is 29.4. The van der Waals surface area contributed by atoms with Crippen molar-refractivity contribution in [3.8, 4) is 0 Å². The molecule has 1 aliphatic heterocycles. The molecule has 0 radical (unpaired) electrons. The highest BCUT2D eigenvalue weighted by atomic mass is 16.5. The molecule has 162 valence electrons. The van der Waals surface area contributed by atoms with Crippen molar-refractivity contribution in [3.05, 3.63) is 69.1 Å². The van der Waals surface area contributed by atoms with Crippen LogP contribution >= 0.6 is 0 Å². The maximum Gasteiger partial charge on any atom is 0.337 e. The highest BCUT2D eigenvalue weighted by Crippen LogP contribution is 2.26. The van der Waals surface area contributed by atoms with Crippen molar-refractivity contribution in [1.29, 1.82) is 0 Å². The first-order valence-electron chi connectivity index (χ1n) is 10.3. The van der Waals surface area contributed by atoms with E-state index in [1.807, 2.05) is 19.9 Å². The zero-order valence-corrected chi connectivity index (χ0v) is 17.8. The van der Waals surface area contributed by atoms with Gasteiger partial charge in [-0.2, -0.15) is 0 Å². The van der Waals surface area contributed by atoms with Gasteiger partial charge in [0, 0.05) is 29.9 Å². The van der Waals surface area contributed by atoms with Crippen LogP contribution < -0.4 is 16.2 Å². The van der Waals surface area contributed by atoms with E-state index in [-0.39, 0.29) is 17.2 Å². The second-order valence-electron chi connectivity index (χ2n) is 8.06. The molecule has 0 aliphatic carbocycles. The third-order valence-corrected chi connectivity index (χ3v) is 5.58. The van der Waals surface area contributed by atoms with E-state index in [0.717, 1.165) is 11.1 Å². The molecule has 0 saturated carbocycles. The number of aromatic carboxylic acids is 1. The van der Waals surface area contributed by atoms with Crippen molar-refractivity contribution in [3.63, 3.8) is 0 Å². The highest BCUT2D eigenvalue weighted by molar-refractivity contribution is 5.94. The van der Waals surface area contributed by atoms with Crippen LogP contribution in [-0.2, 0) is 4.74 Å². The van der Waals surface area contributed by atoms with Crippen LogP contribution in [0.3, 0.4) is 0 Å². The van der Waals surface area contributed by atoms with Crippen molar-refractivity contribution < 1.29 is 14.6 Å². The molecule has 4 rings (SSSR count). The molecule has 0 unspecified atom stereocenters. The molecule has 1 fully saturated rings. The topological polar surface area (TPSA) is 105 Å². The lowest BCUT2D eigenvalue weighted by atomic mass is 10.1. The average Bonchev–Trinajstić information content (AvgIpc) is 2.70. The summed E-state index contributed by atoms with van der Waals surface area (Å²) in [5.41, 5.74) is 3.41. The Kier molecular flexibility index (Phi) is 5.65. The smallest absolute Gasteiger partial charge is 0.337 e. The largest absolute Gasteiger partial charge is 0.478 e. The minimum absolute atomic E-state index is 0.125. The number of pyridine rings is 1. The maximum absolute atomic E-state index is 13.1. The van der Waals surface area contributed by atoms with Gasteiger partial charge in [0.25, 0.3) is 5.56 Å². The van der Waals surface area contributed by atoms with Gasteiger partial charge in [0.05, 0.1) is 30.4 Å². The monoisotopic (exact) mass is 422 g/mol. The number of rotatable bonds is 7. The fraction of sp³-hybridized carbons (Fsp3) is 0.348. The molecule has 3 heterocycles. The summed E-state index contributed by atoms with van der Waals surface area (Å²) in [6.07, 6.45) is 1.78. The molecule has 1 saturated heterocycles. The fourth-order valence-corrected chi connectivity index (χ4v) is 3.74. The Morgan fingerprint density at radius 1 is 1.32 bits per heavy atom. The van der Waals surface area contributed by atoms with Crippen LogP contribution in [0.15, 0.2) is 41.3 Å². The summed E-state index contributed by atoms with van der Waals surface area (Å²) < 4.78 is 6.79. The minimum atomic E-state index is -0.999. The number of anilines is 2. The predicted octanol–water partition coefficient (Wildman–Crippen LogP) is 3.24. The molecule has 1 aliphatic rings. The van der Waals surface area contributed by atoms with E-state index in [9.17, 15) is 14.7 Å². The molecule has 3 aromatic rings. The number of aromatic nitrogens is 2. The number of hydrogen-bond acceptors (Lipinski definition) is 6. The van der Waals surface area contributed by atoms with Gasteiger partial charge < -0.3 is 20.5 Å². The Morgan fingerprint density at radius 2 is 2.06 bits per heavy atom. The number of benzene rings is 1. The van der Waals surface area contributed by atoms with Gasteiger partial charge in [-0.05, 0) is 44.5 Å². The van der Waals surface area contributed by atoms with Gasteiger partial charge in [0.2, 0.25) is 0 Å². The third kappa shape index (κ3) is 4.11. The van der Waals surface area contributed by atoms with Gasteiger partial charge in [0.1, 0.15) is 11.5 Å². The normalized spacial score (nSPS) is 14.8. The number of carboxylic acid groups (broad SMARTS) is 1. The maximum atomic E-state index is 13.1. The second kappa shape index (κ2) is 8.39. The summed E-state index contributed by atoms with van der Waals surface area (Å²) in [7, 11) is 0. The number of nitrogens with one attached hydrogen (secondary N) is 2. The number of carbonyl (C=O) groups is 1. The average molecular weight is 422 g/mol. The predicted molar refractivity (Wildman–Crippen MR) is 119 cm³/mol. The number of hydrogen-bond donors (Lipinski definition) is 3. The van der Waals surface area contributed by atoms with E-state index in [1.54, 1.807) is 41.8 Å². The zero-order valence-electron chi connectivity index (χ0n) is 17.8. The Hall–Kier alpha value is -3.39. The number of para-hydroxylation sites is 1. The molecule has 0 bridgehead atoms. The molecule has 1 aromatic carbocycles. The second-order valence-corrected chi connectivity index (χ2v) is 8.06. The van der Waals surface area contributed by atoms with E-state index in [4.69, 9.17) is 9.72 Å². The van der Waals surface area contributed by atoms with Crippen LogP contribution in [0.1, 0.15) is 40.0 Å². The molecular weight excluding hydrogens is 396 g/mol. The Morgan fingerprint density at radius 3 is 2.74 bits per heavy atom. The first-order valence-corrected chi connectivity index (χ1v) is 10.3. The summed E-state index contributed by atoms with van der Waals surface area (Å²) in [6, 6.07) is 8.46. The van der Waals surface area contributed by atoms with Gasteiger partial charge in [-0.25, -0.2) is 9.78 Å². The number of ether oxygens (including phenoxy) is 1. The van der Waals surface area contributed by atoms with Gasteiger partial charge in [-0.15, -0.1) is 0 Å². The molecule has 3 N–H and O–H groups in total. The van der Waals surface area contributed by atoms with E-state index >= 15 is 0 Å². The van der Waals surface area contributed by atoms with Crippen LogP contribution in [0, 0.1) is 19.8 Å². The van der Waals surface area contributed by atoms with Gasteiger partial charge >= 0.3 is 5.97 Å². The van der Waals surface area contributed by atoms with Gasteiger partial charge in [-0.1, -0.05) is 12.1 Å². The van der Waals surface area contributed by atoms with E-state index in [1.165, 1.54) is 0 Å². The number of nitrogens with zero attached hydrogens (tertiary/aromatic N) is 2. The summed E-state index contributed by atoms with van der Waals surface area (Å²) in [6.45, 7) is 7.75. The van der Waals surface area contributed by atoms with Crippen LogP contribution in [0.5, 0.6) is 0 Å². The fourth-order valence-electron chi connectivity index (χ4n) is 3.74. The SMILES string of the molecule is Cc1cc([C@@H](C)Nc2ccccc2C(=O)O)c2nc(NCC3COC3)c(C)c(=O)n2c1. The first kappa shape index (κ1) is 20.9. The Labute approximate surface area is 179 Å². The highest BCUT2D eigenvalue weighted by Gasteiger charge is 2.21. The first-order chi connectivity index (χ1) is 14.8. The summed E-state index contributed by atoms with van der Waals surface area (Å²) in [5, 5.41) is 16.1. The Bertz CT molecular complexity index is 1200. The number of carboxylic acids is 1. The van der Waals surface area contributed by atoms with Crippen LogP contribution in [0.4, 0.5) is 11.5 Å². The van der Waals surface area contributed by atoms with Crippen LogP contribution in [-0.4, -0.2) is 40.2 Å². The standard InChI is InChI=1S/C23H26N4O4/c1-13-8-18(15(3)25-19-7-5-4-6-17(19)23(29)30)21-26-20(24-9-16-11-31-12-16)14(2)22(28)27(21)10-13/h4-8,10,15-16,24-25H,9,11-12H2,1-3H3,(H,29,30)/t15-/m1/s1. The molecule has 1 atom stereocenters. The van der Waals surface area contributed by atoms with E-state index in [0.29, 0.717) is 48.4 Å². The summed E-state index contributed by atoms with van der Waals surface area (Å²) >= 11 is 0. The quantitative estimate of drug-likeness (QED) is 0.537. The molecule has 0 spiro atoms. The van der Waals surface area contributed by atoms with Crippen LogP contribution in [0.2, 0.25) is 0 Å². The van der Waals surface area contributed by atoms with Gasteiger partial charge in [-0.3, -0.25) is 9.20 Å². The molecular formula is C23H26N4O4. The number of aryl methyl sites for hydroxylation is 1.